The Morgan fingerprint density at radius 1 is 1.12 bits per heavy atom. The molecule has 2 atom stereocenters. The van der Waals surface area contributed by atoms with Gasteiger partial charge in [0.2, 0.25) is 11.8 Å². The van der Waals surface area contributed by atoms with E-state index in [1.807, 2.05) is 34.0 Å². The molecule has 1 aromatic carbocycles. The first-order chi connectivity index (χ1) is 15.7. The molecule has 7 nitrogen and oxygen atoms in total. The fourth-order valence-corrected chi connectivity index (χ4v) is 3.75. The van der Waals surface area contributed by atoms with Crippen molar-refractivity contribution in [1.29, 1.82) is 0 Å². The van der Waals surface area contributed by atoms with Crippen molar-refractivity contribution in [2.45, 2.75) is 78.1 Å². The lowest BCUT2D eigenvalue weighted by Gasteiger charge is -2.35. The van der Waals surface area contributed by atoms with Crippen molar-refractivity contribution in [2.75, 3.05) is 18.6 Å². The van der Waals surface area contributed by atoms with Gasteiger partial charge in [0.15, 0.2) is 0 Å². The molecule has 0 aliphatic rings. The molecule has 0 aromatic heterocycles. The number of ether oxygens (including phenoxy) is 1. The lowest BCUT2D eigenvalue weighted by atomic mass is 9.99. The van der Waals surface area contributed by atoms with E-state index in [9.17, 15) is 14.4 Å². The Morgan fingerprint density at radius 2 is 1.71 bits per heavy atom. The van der Waals surface area contributed by atoms with Crippen LogP contribution in [0.4, 0.5) is 4.79 Å². The zero-order valence-electron chi connectivity index (χ0n) is 21.7. The maximum atomic E-state index is 13.7. The van der Waals surface area contributed by atoms with E-state index in [1.54, 1.807) is 56.8 Å². The second-order valence-corrected chi connectivity index (χ2v) is 11.0. The third kappa shape index (κ3) is 9.68. The van der Waals surface area contributed by atoms with E-state index < -0.39 is 29.3 Å². The second-order valence-electron chi connectivity index (χ2n) is 10.0. The Balaban J connectivity index is 3.37. The minimum atomic E-state index is -0.888. The van der Waals surface area contributed by atoms with Gasteiger partial charge >= 0.3 is 6.09 Å². The van der Waals surface area contributed by atoms with Crippen molar-refractivity contribution < 1.29 is 19.1 Å². The first-order valence-corrected chi connectivity index (χ1v) is 12.8. The molecule has 0 saturated carbocycles. The van der Waals surface area contributed by atoms with Crippen LogP contribution in [0.2, 0.25) is 0 Å². The Hall–Kier alpha value is -2.66. The topological polar surface area (TPSA) is 87.7 Å². The lowest BCUT2D eigenvalue weighted by Crippen LogP contribution is -2.54. The van der Waals surface area contributed by atoms with Crippen LogP contribution in [0.3, 0.4) is 0 Å². The van der Waals surface area contributed by atoms with Crippen LogP contribution < -0.4 is 10.6 Å². The average Bonchev–Trinajstić information content (AvgIpc) is 2.71. The van der Waals surface area contributed by atoms with E-state index in [-0.39, 0.29) is 18.4 Å². The van der Waals surface area contributed by atoms with Crippen LogP contribution in [-0.2, 0) is 14.3 Å². The summed E-state index contributed by atoms with van der Waals surface area (Å²) in [5, 5.41) is 5.69. The predicted molar refractivity (Wildman–Crippen MR) is 139 cm³/mol. The van der Waals surface area contributed by atoms with Crippen molar-refractivity contribution in [3.63, 3.8) is 0 Å². The molecule has 8 heteroatoms. The summed E-state index contributed by atoms with van der Waals surface area (Å²) in [7, 11) is 0. The highest BCUT2D eigenvalue weighted by molar-refractivity contribution is 7.98. The smallest absolute Gasteiger partial charge is 0.408 e. The fourth-order valence-electron chi connectivity index (χ4n) is 3.28. The van der Waals surface area contributed by atoms with Crippen molar-refractivity contribution in [3.8, 4) is 12.3 Å². The number of carbonyl (C=O) groups is 3. The van der Waals surface area contributed by atoms with Gasteiger partial charge < -0.3 is 20.3 Å². The molecule has 0 bridgehead atoms. The van der Waals surface area contributed by atoms with Crippen molar-refractivity contribution >= 4 is 29.7 Å². The summed E-state index contributed by atoms with van der Waals surface area (Å²) in [6, 6.07) is 5.29. The van der Waals surface area contributed by atoms with Gasteiger partial charge in [0, 0.05) is 17.6 Å². The first-order valence-electron chi connectivity index (χ1n) is 11.4. The van der Waals surface area contributed by atoms with Gasteiger partial charge in [-0.1, -0.05) is 18.1 Å². The molecule has 2 unspecified atom stereocenters. The minimum Gasteiger partial charge on any atom is -0.444 e. The summed E-state index contributed by atoms with van der Waals surface area (Å²) in [6.45, 7) is 13.0. The molecule has 0 aliphatic carbocycles. The molecule has 0 spiro atoms. The van der Waals surface area contributed by atoms with Crippen LogP contribution in [0.15, 0.2) is 24.3 Å². The van der Waals surface area contributed by atoms with Crippen LogP contribution >= 0.6 is 11.8 Å². The van der Waals surface area contributed by atoms with Gasteiger partial charge in [0.05, 0.1) is 0 Å². The molecule has 34 heavy (non-hydrogen) atoms. The second kappa shape index (κ2) is 12.7. The van der Waals surface area contributed by atoms with E-state index in [4.69, 9.17) is 11.2 Å². The number of rotatable bonds is 9. The molecule has 0 heterocycles. The molecule has 0 fully saturated rings. The maximum Gasteiger partial charge on any atom is 0.408 e. The van der Waals surface area contributed by atoms with Crippen molar-refractivity contribution in [3.05, 3.63) is 35.4 Å². The maximum absolute atomic E-state index is 13.7. The molecule has 188 valence electrons. The number of nitrogens with one attached hydrogen (secondary N) is 2. The Morgan fingerprint density at radius 3 is 2.15 bits per heavy atom. The van der Waals surface area contributed by atoms with Gasteiger partial charge in [-0.3, -0.25) is 9.59 Å². The van der Waals surface area contributed by atoms with Gasteiger partial charge in [-0.15, -0.1) is 6.42 Å². The highest BCUT2D eigenvalue weighted by Crippen LogP contribution is 2.24. The van der Waals surface area contributed by atoms with Crippen LogP contribution in [-0.4, -0.2) is 58.5 Å². The average molecular weight is 490 g/mol. The predicted octanol–water partition coefficient (Wildman–Crippen LogP) is 4.12. The van der Waals surface area contributed by atoms with Crippen molar-refractivity contribution in [1.82, 2.24) is 15.5 Å². The largest absolute Gasteiger partial charge is 0.444 e. The summed E-state index contributed by atoms with van der Waals surface area (Å²) in [5.41, 5.74) is 0.119. The zero-order chi connectivity index (χ0) is 26.1. The van der Waals surface area contributed by atoms with E-state index in [1.165, 1.54) is 4.90 Å². The quantitative estimate of drug-likeness (QED) is 0.510. The summed E-state index contributed by atoms with van der Waals surface area (Å²) in [6.07, 6.45) is 7.14. The number of thioether (sulfide) groups is 1. The third-order valence-electron chi connectivity index (χ3n) is 4.67. The summed E-state index contributed by atoms with van der Waals surface area (Å²) in [5.74, 6) is 2.56. The highest BCUT2D eigenvalue weighted by atomic mass is 32.2. The molecule has 2 N–H and O–H groups in total. The van der Waals surface area contributed by atoms with Crippen LogP contribution in [0.5, 0.6) is 0 Å². The Bertz CT molecular complexity index is 879. The molecule has 0 radical (unpaired) electrons. The van der Waals surface area contributed by atoms with E-state index in [2.05, 4.69) is 16.6 Å². The van der Waals surface area contributed by atoms with Gasteiger partial charge in [0.1, 0.15) is 17.7 Å². The number of hydrogen-bond donors (Lipinski definition) is 2. The highest BCUT2D eigenvalue weighted by Gasteiger charge is 2.36. The van der Waals surface area contributed by atoms with Crippen LogP contribution in [0.1, 0.15) is 72.1 Å². The van der Waals surface area contributed by atoms with Crippen molar-refractivity contribution in [2.24, 2.45) is 0 Å². The molecule has 1 aromatic rings. The standard InChI is InChI=1S/C26H39N3O4S/c1-10-18-12-14-19(15-13-18)21(22(30)28-25(3,4)5)29(11-2)23(31)20(16-17-34-9)27-24(32)33-26(6,7)8/h1,12-15,20-21H,11,16-17H2,2-9H3,(H,27,32)(H,28,30). The van der Waals surface area contributed by atoms with Crippen LogP contribution in [0, 0.1) is 12.3 Å². The number of nitrogens with zero attached hydrogens (tertiary/aromatic N) is 1. The van der Waals surface area contributed by atoms with E-state index in [0.29, 0.717) is 23.3 Å². The zero-order valence-corrected chi connectivity index (χ0v) is 22.5. The Kier molecular flexibility index (Phi) is 11.0. The number of alkyl carbamates (subject to hydrolysis) is 1. The molecular weight excluding hydrogens is 450 g/mol. The number of terminal acetylenes is 1. The van der Waals surface area contributed by atoms with E-state index >= 15 is 0 Å². The van der Waals surface area contributed by atoms with Gasteiger partial charge in [-0.2, -0.15) is 11.8 Å². The summed E-state index contributed by atoms with van der Waals surface area (Å²) < 4.78 is 5.37. The fraction of sp³-hybridized carbons (Fsp3) is 0.577. The normalized spacial score (nSPS) is 13.3. The van der Waals surface area contributed by atoms with Gasteiger partial charge in [-0.25, -0.2) is 4.79 Å². The van der Waals surface area contributed by atoms with Gasteiger partial charge in [0.25, 0.3) is 0 Å². The summed E-state index contributed by atoms with van der Waals surface area (Å²) >= 11 is 1.57. The van der Waals surface area contributed by atoms with Crippen LogP contribution in [0.25, 0.3) is 0 Å². The number of benzene rings is 1. The monoisotopic (exact) mass is 489 g/mol. The molecular formula is C26H39N3O4S. The Labute approximate surface area is 208 Å². The minimum absolute atomic E-state index is 0.268. The number of likely N-dealkylation sites (N-methyl/N-ethyl adjacent to an activating group) is 1. The number of carbonyl (C=O) groups excluding carboxylic acids is 3. The molecule has 0 saturated heterocycles. The number of amides is 3. The molecule has 1 rings (SSSR count). The molecule has 3 amide bonds. The lowest BCUT2D eigenvalue weighted by molar-refractivity contribution is -0.142. The molecule has 0 aliphatic heterocycles. The summed E-state index contributed by atoms with van der Waals surface area (Å²) in [4.78, 5) is 41.1. The number of hydrogen-bond acceptors (Lipinski definition) is 5. The SMILES string of the molecule is C#Cc1ccc(C(C(=O)NC(C)(C)C)N(CC)C(=O)C(CCSC)NC(=O)OC(C)(C)C)cc1. The third-order valence-corrected chi connectivity index (χ3v) is 5.32. The van der Waals surface area contributed by atoms with E-state index in [0.717, 1.165) is 0 Å². The van der Waals surface area contributed by atoms with Gasteiger partial charge in [-0.05, 0) is 84.6 Å². The first kappa shape index (κ1) is 29.4.